The fourth-order valence-electron chi connectivity index (χ4n) is 1.59. The molecule has 0 aromatic carbocycles. The van der Waals surface area contributed by atoms with E-state index in [0.29, 0.717) is 6.42 Å². The number of aryl methyl sites for hydroxylation is 1. The third kappa shape index (κ3) is 3.05. The molecule has 0 aliphatic carbocycles. The second kappa shape index (κ2) is 5.47. The number of aromatic nitrogens is 2. The molecule has 1 aromatic rings. The van der Waals surface area contributed by atoms with Crippen molar-refractivity contribution in [3.05, 3.63) is 18.2 Å². The van der Waals surface area contributed by atoms with Crippen molar-refractivity contribution in [3.63, 3.8) is 0 Å². The van der Waals surface area contributed by atoms with Crippen LogP contribution in [-0.2, 0) is 23.0 Å². The molecule has 1 rings (SSSR count). The highest BCUT2D eigenvalue weighted by Crippen LogP contribution is 2.08. The van der Waals surface area contributed by atoms with E-state index < -0.39 is 12.1 Å². The highest BCUT2D eigenvalue weighted by molar-refractivity contribution is 5.85. The third-order valence-electron chi connectivity index (χ3n) is 2.70. The average molecular weight is 239 g/mol. The van der Waals surface area contributed by atoms with Gasteiger partial charge in [-0.05, 0) is 6.92 Å². The largest absolute Gasteiger partial charge is 0.453 e. The van der Waals surface area contributed by atoms with Crippen LogP contribution in [0.5, 0.6) is 0 Å². The van der Waals surface area contributed by atoms with E-state index in [1.54, 1.807) is 19.4 Å². The van der Waals surface area contributed by atoms with E-state index in [9.17, 15) is 9.59 Å². The van der Waals surface area contributed by atoms with E-state index in [2.05, 4.69) is 9.72 Å². The first-order valence-corrected chi connectivity index (χ1v) is 5.24. The highest BCUT2D eigenvalue weighted by atomic mass is 16.5. The van der Waals surface area contributed by atoms with Gasteiger partial charge in [0.2, 0.25) is 0 Å². The Kier molecular flexibility index (Phi) is 4.25. The van der Waals surface area contributed by atoms with Crippen LogP contribution in [0.1, 0.15) is 12.7 Å². The molecular formula is C11H17N3O3. The Bertz CT molecular complexity index is 414. The van der Waals surface area contributed by atoms with Crippen molar-refractivity contribution in [2.24, 2.45) is 7.05 Å². The van der Waals surface area contributed by atoms with Crippen LogP contribution in [0.2, 0.25) is 0 Å². The number of amides is 1. The summed E-state index contributed by atoms with van der Waals surface area (Å²) in [7, 11) is 4.68. The van der Waals surface area contributed by atoms with Crippen LogP contribution in [0.15, 0.2) is 12.4 Å². The van der Waals surface area contributed by atoms with Crippen LogP contribution < -0.4 is 0 Å². The van der Waals surface area contributed by atoms with Gasteiger partial charge in [-0.3, -0.25) is 4.79 Å². The van der Waals surface area contributed by atoms with Gasteiger partial charge in [-0.15, -0.1) is 0 Å². The number of hydrogen-bond donors (Lipinski definition) is 0. The van der Waals surface area contributed by atoms with Gasteiger partial charge in [0.15, 0.2) is 5.78 Å². The van der Waals surface area contributed by atoms with Crippen molar-refractivity contribution in [2.45, 2.75) is 19.4 Å². The maximum atomic E-state index is 11.6. The van der Waals surface area contributed by atoms with Crippen molar-refractivity contribution < 1.29 is 14.3 Å². The zero-order valence-corrected chi connectivity index (χ0v) is 10.5. The topological polar surface area (TPSA) is 64.4 Å². The number of carbonyl (C=O) groups excluding carboxylic acids is 2. The van der Waals surface area contributed by atoms with Gasteiger partial charge in [0, 0.05) is 32.9 Å². The fraction of sp³-hybridized carbons (Fsp3) is 0.545. The van der Waals surface area contributed by atoms with Crippen molar-refractivity contribution in [3.8, 4) is 0 Å². The van der Waals surface area contributed by atoms with Gasteiger partial charge in [0.1, 0.15) is 11.9 Å². The number of hydrogen-bond acceptors (Lipinski definition) is 4. The van der Waals surface area contributed by atoms with E-state index in [4.69, 9.17) is 0 Å². The van der Waals surface area contributed by atoms with Gasteiger partial charge in [-0.1, -0.05) is 0 Å². The van der Waals surface area contributed by atoms with Gasteiger partial charge in [0.05, 0.1) is 7.11 Å². The number of ketones is 1. The van der Waals surface area contributed by atoms with Crippen molar-refractivity contribution in [1.82, 2.24) is 14.5 Å². The van der Waals surface area contributed by atoms with E-state index in [-0.39, 0.29) is 5.78 Å². The standard InChI is InChI=1S/C11H17N3O3/c1-8(15)9(14(3)11(16)17-4)7-10-12-5-6-13(10)2/h5-6,9H,7H2,1-4H3. The Hall–Kier alpha value is -1.85. The molecule has 1 unspecified atom stereocenters. The lowest BCUT2D eigenvalue weighted by Crippen LogP contribution is -2.43. The van der Waals surface area contributed by atoms with Crippen molar-refractivity contribution in [1.29, 1.82) is 0 Å². The number of methoxy groups -OCH3 is 1. The number of imidazole rings is 1. The van der Waals surface area contributed by atoms with Crippen LogP contribution >= 0.6 is 0 Å². The van der Waals surface area contributed by atoms with Gasteiger partial charge < -0.3 is 14.2 Å². The number of Topliss-reactive ketones (excluding diaryl/α,β-unsaturated/α-hetero) is 1. The summed E-state index contributed by atoms with van der Waals surface area (Å²) in [6, 6.07) is -0.552. The third-order valence-corrected chi connectivity index (χ3v) is 2.70. The van der Waals surface area contributed by atoms with Gasteiger partial charge in [-0.25, -0.2) is 9.78 Å². The Balaban J connectivity index is 2.84. The molecule has 0 bridgehead atoms. The summed E-state index contributed by atoms with van der Waals surface area (Å²) in [4.78, 5) is 28.4. The first-order valence-electron chi connectivity index (χ1n) is 5.24. The molecule has 0 saturated carbocycles. The first kappa shape index (κ1) is 13.2. The smallest absolute Gasteiger partial charge is 0.409 e. The molecule has 0 spiro atoms. The molecule has 1 atom stereocenters. The molecule has 94 valence electrons. The fourth-order valence-corrected chi connectivity index (χ4v) is 1.59. The average Bonchev–Trinajstić information content (AvgIpc) is 2.69. The predicted octanol–water partition coefficient (Wildman–Crippen LogP) is 0.618. The Morgan fingerprint density at radius 1 is 1.59 bits per heavy atom. The maximum Gasteiger partial charge on any atom is 0.409 e. The number of rotatable bonds is 4. The molecule has 0 saturated heterocycles. The van der Waals surface area contributed by atoms with Crippen LogP contribution in [0.25, 0.3) is 0 Å². The number of nitrogens with zero attached hydrogens (tertiary/aromatic N) is 3. The molecule has 0 radical (unpaired) electrons. The summed E-state index contributed by atoms with van der Waals surface area (Å²) in [6.45, 7) is 1.45. The van der Waals surface area contributed by atoms with Crippen LogP contribution in [0.4, 0.5) is 4.79 Å². The molecule has 1 amide bonds. The SMILES string of the molecule is COC(=O)N(C)C(Cc1nccn1C)C(C)=O. The summed E-state index contributed by atoms with van der Waals surface area (Å²) in [5.41, 5.74) is 0. The molecule has 0 aliphatic heterocycles. The van der Waals surface area contributed by atoms with E-state index in [0.717, 1.165) is 5.82 Å². The summed E-state index contributed by atoms with van der Waals surface area (Å²) in [6.07, 6.45) is 3.30. The molecule has 6 heteroatoms. The lowest BCUT2D eigenvalue weighted by molar-refractivity contribution is -0.121. The quantitative estimate of drug-likeness (QED) is 0.772. The van der Waals surface area contributed by atoms with Crippen molar-refractivity contribution >= 4 is 11.9 Å². The second-order valence-corrected chi connectivity index (χ2v) is 3.87. The number of likely N-dealkylation sites (N-methyl/N-ethyl adjacent to an activating group) is 1. The minimum atomic E-state index is -0.552. The Morgan fingerprint density at radius 2 is 2.24 bits per heavy atom. The van der Waals surface area contributed by atoms with Gasteiger partial charge >= 0.3 is 6.09 Å². The molecule has 6 nitrogen and oxygen atoms in total. The van der Waals surface area contributed by atoms with E-state index in [1.165, 1.54) is 18.9 Å². The molecule has 0 N–H and O–H groups in total. The monoisotopic (exact) mass is 239 g/mol. The summed E-state index contributed by atoms with van der Waals surface area (Å²) < 4.78 is 6.42. The summed E-state index contributed by atoms with van der Waals surface area (Å²) in [5, 5.41) is 0. The van der Waals surface area contributed by atoms with Gasteiger partial charge in [-0.2, -0.15) is 0 Å². The molecule has 0 fully saturated rings. The Labute approximate surface area is 100 Å². The van der Waals surface area contributed by atoms with E-state index >= 15 is 0 Å². The number of ether oxygens (including phenoxy) is 1. The lowest BCUT2D eigenvalue weighted by Gasteiger charge is -2.24. The highest BCUT2D eigenvalue weighted by Gasteiger charge is 2.26. The van der Waals surface area contributed by atoms with Crippen molar-refractivity contribution in [2.75, 3.05) is 14.2 Å². The van der Waals surface area contributed by atoms with Crippen LogP contribution in [0, 0.1) is 0 Å². The number of carbonyl (C=O) groups is 2. The minimum absolute atomic E-state index is 0.0964. The zero-order valence-electron chi connectivity index (χ0n) is 10.5. The zero-order chi connectivity index (χ0) is 13.0. The molecular weight excluding hydrogens is 222 g/mol. The normalized spacial score (nSPS) is 12.0. The Morgan fingerprint density at radius 3 is 2.65 bits per heavy atom. The second-order valence-electron chi connectivity index (χ2n) is 3.87. The summed E-state index contributed by atoms with van der Waals surface area (Å²) in [5.74, 6) is 0.654. The first-order chi connectivity index (χ1) is 7.97. The molecule has 1 heterocycles. The molecule has 17 heavy (non-hydrogen) atoms. The summed E-state index contributed by atoms with van der Waals surface area (Å²) >= 11 is 0. The van der Waals surface area contributed by atoms with Gasteiger partial charge in [0.25, 0.3) is 0 Å². The van der Waals surface area contributed by atoms with Crippen LogP contribution in [0.3, 0.4) is 0 Å². The maximum absolute atomic E-state index is 11.6. The lowest BCUT2D eigenvalue weighted by atomic mass is 10.1. The van der Waals surface area contributed by atoms with E-state index in [1.807, 2.05) is 11.6 Å². The molecule has 1 aromatic heterocycles. The van der Waals surface area contributed by atoms with Crippen LogP contribution in [-0.4, -0.2) is 46.5 Å². The minimum Gasteiger partial charge on any atom is -0.453 e. The molecule has 0 aliphatic rings. The predicted molar refractivity (Wildman–Crippen MR) is 61.5 cm³/mol.